The maximum Gasteiger partial charge on any atom is 0.229 e. The van der Waals surface area contributed by atoms with Crippen LogP contribution in [0.5, 0.6) is 23.0 Å². The van der Waals surface area contributed by atoms with Crippen LogP contribution >= 0.6 is 0 Å². The van der Waals surface area contributed by atoms with Crippen molar-refractivity contribution in [1.29, 1.82) is 0 Å². The van der Waals surface area contributed by atoms with E-state index in [0.717, 1.165) is 6.20 Å². The third-order valence-electron chi connectivity index (χ3n) is 4.20. The van der Waals surface area contributed by atoms with E-state index in [1.165, 1.54) is 0 Å². The number of nitrogens with one attached hydrogen (secondary N) is 2. The Kier molecular flexibility index (Phi) is 5.19. The summed E-state index contributed by atoms with van der Waals surface area (Å²) >= 11 is 0. The molecule has 1 aliphatic rings. The number of ether oxygens (including phenoxy) is 4. The Bertz CT molecular complexity index is 1030. The maximum atomic E-state index is 14.3. The second-order valence-corrected chi connectivity index (χ2v) is 6.06. The molecule has 2 N–H and O–H groups in total. The van der Waals surface area contributed by atoms with Gasteiger partial charge in [-0.05, 0) is 24.3 Å². The van der Waals surface area contributed by atoms with Gasteiger partial charge < -0.3 is 29.6 Å². The van der Waals surface area contributed by atoms with Gasteiger partial charge in [0.2, 0.25) is 5.95 Å². The molecule has 0 spiro atoms. The Labute approximate surface area is 166 Å². The summed E-state index contributed by atoms with van der Waals surface area (Å²) in [6, 6.07) is 10.5. The van der Waals surface area contributed by atoms with E-state index >= 15 is 0 Å². The molecule has 0 saturated heterocycles. The molecule has 3 aromatic rings. The normalized spacial score (nSPS) is 12.2. The van der Waals surface area contributed by atoms with Gasteiger partial charge in [-0.15, -0.1) is 0 Å². The molecule has 1 aromatic heterocycles. The minimum atomic E-state index is -0.591. The van der Waals surface area contributed by atoms with Crippen LogP contribution in [0, 0.1) is 5.82 Å². The first kappa shape index (κ1) is 18.6. The van der Waals surface area contributed by atoms with Gasteiger partial charge in [0, 0.05) is 17.8 Å². The van der Waals surface area contributed by atoms with E-state index < -0.39 is 5.82 Å². The molecule has 0 amide bonds. The summed E-state index contributed by atoms with van der Waals surface area (Å²) in [4.78, 5) is 8.22. The molecule has 1 aliphatic heterocycles. The predicted molar refractivity (Wildman–Crippen MR) is 106 cm³/mol. The van der Waals surface area contributed by atoms with Crippen molar-refractivity contribution in [1.82, 2.24) is 9.97 Å². The van der Waals surface area contributed by atoms with Crippen molar-refractivity contribution in [3.05, 3.63) is 48.4 Å². The van der Waals surface area contributed by atoms with Crippen LogP contribution in [0.4, 0.5) is 27.5 Å². The number of halogens is 1. The van der Waals surface area contributed by atoms with Gasteiger partial charge >= 0.3 is 0 Å². The molecule has 0 unspecified atom stereocenters. The van der Waals surface area contributed by atoms with E-state index in [1.807, 2.05) is 0 Å². The quantitative estimate of drug-likeness (QED) is 0.647. The number of nitrogens with zero attached hydrogens (tertiary/aromatic N) is 2. The summed E-state index contributed by atoms with van der Waals surface area (Å²) in [5.74, 6) is 2.07. The number of fused-ring (bicyclic) bond motifs is 1. The van der Waals surface area contributed by atoms with E-state index in [1.54, 1.807) is 50.6 Å². The summed E-state index contributed by atoms with van der Waals surface area (Å²) in [5, 5.41) is 5.97. The zero-order chi connectivity index (χ0) is 20.2. The highest BCUT2D eigenvalue weighted by molar-refractivity contribution is 5.66. The molecular weight excluding hydrogens is 379 g/mol. The van der Waals surface area contributed by atoms with Gasteiger partial charge in [-0.25, -0.2) is 9.37 Å². The van der Waals surface area contributed by atoms with Crippen LogP contribution in [0.25, 0.3) is 0 Å². The largest absolute Gasteiger partial charge is 0.497 e. The van der Waals surface area contributed by atoms with Gasteiger partial charge in [0.05, 0.1) is 26.1 Å². The third kappa shape index (κ3) is 4.08. The van der Waals surface area contributed by atoms with E-state index in [-0.39, 0.29) is 11.8 Å². The van der Waals surface area contributed by atoms with Gasteiger partial charge in [0.25, 0.3) is 0 Å². The lowest BCUT2D eigenvalue weighted by Crippen LogP contribution is -2.15. The zero-order valence-corrected chi connectivity index (χ0v) is 15.9. The SMILES string of the molecule is COc1ccc(Nc2ncc(F)c(Nc3ccc4c(c3)OCCO4)n2)c(OC)c1. The van der Waals surface area contributed by atoms with Crippen LogP contribution in [-0.2, 0) is 0 Å². The van der Waals surface area contributed by atoms with Crippen molar-refractivity contribution in [3.63, 3.8) is 0 Å². The minimum absolute atomic E-state index is 0.0201. The number of benzene rings is 2. The Morgan fingerprint density at radius 1 is 0.966 bits per heavy atom. The van der Waals surface area contributed by atoms with Crippen molar-refractivity contribution < 1.29 is 23.3 Å². The van der Waals surface area contributed by atoms with Gasteiger partial charge in [-0.1, -0.05) is 0 Å². The highest BCUT2D eigenvalue weighted by Crippen LogP contribution is 2.34. The second-order valence-electron chi connectivity index (χ2n) is 6.06. The van der Waals surface area contributed by atoms with Crippen LogP contribution in [0.1, 0.15) is 0 Å². The lowest BCUT2D eigenvalue weighted by Gasteiger charge is -2.19. The second kappa shape index (κ2) is 8.09. The number of hydrogen-bond donors (Lipinski definition) is 2. The number of anilines is 4. The average Bonchev–Trinajstić information content (AvgIpc) is 2.76. The summed E-state index contributed by atoms with van der Waals surface area (Å²) in [6.45, 7) is 0.972. The van der Waals surface area contributed by atoms with Crippen LogP contribution < -0.4 is 29.6 Å². The summed E-state index contributed by atoms with van der Waals surface area (Å²) in [7, 11) is 3.11. The smallest absolute Gasteiger partial charge is 0.229 e. The standard InChI is InChI=1S/C20H19FN4O4/c1-26-13-4-5-15(17(10-13)27-2)24-20-22-11-14(21)19(25-20)23-12-3-6-16-18(9-12)29-8-7-28-16/h3-6,9-11H,7-8H2,1-2H3,(H2,22,23,24,25). The molecule has 0 saturated carbocycles. The number of hydrogen-bond acceptors (Lipinski definition) is 8. The highest BCUT2D eigenvalue weighted by atomic mass is 19.1. The molecule has 29 heavy (non-hydrogen) atoms. The lowest BCUT2D eigenvalue weighted by molar-refractivity contribution is 0.171. The topological polar surface area (TPSA) is 86.8 Å². The minimum Gasteiger partial charge on any atom is -0.497 e. The first-order valence-electron chi connectivity index (χ1n) is 8.84. The number of rotatable bonds is 6. The first-order valence-corrected chi connectivity index (χ1v) is 8.84. The lowest BCUT2D eigenvalue weighted by atomic mass is 10.2. The van der Waals surface area contributed by atoms with Crippen molar-refractivity contribution >= 4 is 23.1 Å². The van der Waals surface area contributed by atoms with Crippen LogP contribution in [0.3, 0.4) is 0 Å². The molecule has 8 nitrogen and oxygen atoms in total. The summed E-state index contributed by atoms with van der Waals surface area (Å²) in [5.41, 5.74) is 1.23. The van der Waals surface area contributed by atoms with Gasteiger partial charge in [0.1, 0.15) is 24.7 Å². The fourth-order valence-electron chi connectivity index (χ4n) is 2.80. The van der Waals surface area contributed by atoms with Gasteiger partial charge in [0.15, 0.2) is 23.1 Å². The molecule has 0 radical (unpaired) electrons. The van der Waals surface area contributed by atoms with Crippen molar-refractivity contribution in [2.45, 2.75) is 0 Å². The van der Waals surface area contributed by atoms with E-state index in [0.29, 0.717) is 47.6 Å². The van der Waals surface area contributed by atoms with Crippen LogP contribution in [0.15, 0.2) is 42.6 Å². The Hall–Kier alpha value is -3.75. The van der Waals surface area contributed by atoms with Gasteiger partial charge in [-0.2, -0.15) is 4.98 Å². The molecular formula is C20H19FN4O4. The average molecular weight is 398 g/mol. The molecule has 2 aromatic carbocycles. The third-order valence-corrected chi connectivity index (χ3v) is 4.20. The number of aromatic nitrogens is 2. The monoisotopic (exact) mass is 398 g/mol. The maximum absolute atomic E-state index is 14.3. The van der Waals surface area contributed by atoms with Crippen LogP contribution in [-0.4, -0.2) is 37.4 Å². The fourth-order valence-corrected chi connectivity index (χ4v) is 2.80. The Morgan fingerprint density at radius 3 is 2.59 bits per heavy atom. The summed E-state index contributed by atoms with van der Waals surface area (Å²) < 4.78 is 35.8. The highest BCUT2D eigenvalue weighted by Gasteiger charge is 2.14. The number of methoxy groups -OCH3 is 2. The summed E-state index contributed by atoms with van der Waals surface area (Å²) in [6.07, 6.45) is 1.09. The fraction of sp³-hybridized carbons (Fsp3) is 0.200. The van der Waals surface area contributed by atoms with Crippen LogP contribution in [0.2, 0.25) is 0 Å². The predicted octanol–water partition coefficient (Wildman–Crippen LogP) is 3.89. The van der Waals surface area contributed by atoms with E-state index in [9.17, 15) is 4.39 Å². The molecule has 0 aliphatic carbocycles. The van der Waals surface area contributed by atoms with Crippen molar-refractivity contribution in [2.75, 3.05) is 38.1 Å². The molecule has 2 heterocycles. The Balaban J connectivity index is 1.57. The molecule has 4 rings (SSSR count). The molecule has 0 bridgehead atoms. The van der Waals surface area contributed by atoms with Crippen molar-refractivity contribution in [3.8, 4) is 23.0 Å². The van der Waals surface area contributed by atoms with E-state index in [2.05, 4.69) is 20.6 Å². The molecule has 9 heteroatoms. The van der Waals surface area contributed by atoms with Gasteiger partial charge in [-0.3, -0.25) is 0 Å². The first-order chi connectivity index (χ1) is 14.2. The zero-order valence-electron chi connectivity index (χ0n) is 15.9. The molecule has 0 atom stereocenters. The molecule has 150 valence electrons. The van der Waals surface area contributed by atoms with Crippen molar-refractivity contribution in [2.24, 2.45) is 0 Å². The van der Waals surface area contributed by atoms with E-state index in [4.69, 9.17) is 18.9 Å². The Morgan fingerprint density at radius 2 is 1.79 bits per heavy atom. The molecule has 0 fully saturated rings.